The van der Waals surface area contributed by atoms with E-state index in [0.717, 1.165) is 34.7 Å². The monoisotopic (exact) mass is 255 g/mol. The molecule has 4 fully saturated rings. The molecule has 4 aliphatic rings. The van der Waals surface area contributed by atoms with Crippen molar-refractivity contribution in [2.24, 2.45) is 23.7 Å². The molecule has 4 saturated carbocycles. The topological polar surface area (TPSA) is 23.8 Å². The predicted octanol–water partition coefficient (Wildman–Crippen LogP) is 3.68. The summed E-state index contributed by atoms with van der Waals surface area (Å²) in [7, 11) is 0. The number of nitriles is 1. The third kappa shape index (κ3) is 1.97. The molecule has 88 valence electrons. The van der Waals surface area contributed by atoms with Crippen LogP contribution in [0.25, 0.3) is 0 Å². The van der Waals surface area contributed by atoms with Gasteiger partial charge in [0, 0.05) is 11.0 Å². The van der Waals surface area contributed by atoms with Crippen LogP contribution >= 0.6 is 23.4 Å². The fourth-order valence-corrected chi connectivity index (χ4v) is 6.05. The molecule has 4 aliphatic carbocycles. The van der Waals surface area contributed by atoms with E-state index in [1.165, 1.54) is 32.1 Å². The second kappa shape index (κ2) is 4.42. The second-order valence-electron chi connectivity index (χ2n) is 5.83. The number of hydrogen-bond acceptors (Lipinski definition) is 2. The van der Waals surface area contributed by atoms with Gasteiger partial charge >= 0.3 is 0 Å². The van der Waals surface area contributed by atoms with E-state index in [4.69, 9.17) is 16.9 Å². The lowest BCUT2D eigenvalue weighted by Crippen LogP contribution is -2.47. The molecule has 0 aromatic carbocycles. The van der Waals surface area contributed by atoms with Crippen molar-refractivity contribution in [2.75, 3.05) is 5.75 Å². The highest BCUT2D eigenvalue weighted by atomic mass is 35.5. The highest BCUT2D eigenvalue weighted by Crippen LogP contribution is 2.57. The lowest BCUT2D eigenvalue weighted by Gasteiger charge is -2.54. The minimum atomic E-state index is -0.290. The van der Waals surface area contributed by atoms with Crippen molar-refractivity contribution < 1.29 is 0 Å². The third-order valence-corrected chi connectivity index (χ3v) is 6.83. The number of nitrogens with zero attached hydrogens (tertiary/aromatic N) is 1. The van der Waals surface area contributed by atoms with Crippen LogP contribution in [0.4, 0.5) is 0 Å². The summed E-state index contributed by atoms with van der Waals surface area (Å²) in [6.45, 7) is 0. The van der Waals surface area contributed by atoms with Gasteiger partial charge in [0.15, 0.2) is 0 Å². The summed E-state index contributed by atoms with van der Waals surface area (Å²) in [6.07, 6.45) is 7.36. The molecule has 0 saturated heterocycles. The molecule has 0 radical (unpaired) electrons. The predicted molar refractivity (Wildman–Crippen MR) is 68.5 cm³/mol. The number of alkyl halides is 1. The maximum absolute atomic E-state index is 8.72. The molecule has 16 heavy (non-hydrogen) atoms. The normalized spacial score (nSPS) is 46.6. The van der Waals surface area contributed by atoms with E-state index in [-0.39, 0.29) is 5.38 Å². The molecule has 0 amide bonds. The molecule has 0 heterocycles. The molecular formula is C13H18ClNS. The van der Waals surface area contributed by atoms with Gasteiger partial charge in [0.25, 0.3) is 0 Å². The first-order valence-electron chi connectivity index (χ1n) is 6.41. The quantitative estimate of drug-likeness (QED) is 0.719. The first-order valence-corrected chi connectivity index (χ1v) is 7.90. The smallest absolute Gasteiger partial charge is 0.129 e. The van der Waals surface area contributed by atoms with Crippen LogP contribution < -0.4 is 0 Å². The summed E-state index contributed by atoms with van der Waals surface area (Å²) in [4.78, 5) is 0. The molecule has 0 spiro atoms. The van der Waals surface area contributed by atoms with Gasteiger partial charge in [-0.25, -0.2) is 0 Å². The molecule has 1 nitrogen and oxygen atoms in total. The Morgan fingerprint density at radius 2 is 1.69 bits per heavy atom. The Labute approximate surface area is 107 Å². The Bertz CT molecular complexity index is 284. The van der Waals surface area contributed by atoms with Gasteiger partial charge in [-0.05, 0) is 55.8 Å². The average molecular weight is 256 g/mol. The Morgan fingerprint density at radius 1 is 1.12 bits per heavy atom. The molecule has 0 aromatic heterocycles. The van der Waals surface area contributed by atoms with E-state index < -0.39 is 0 Å². The van der Waals surface area contributed by atoms with Gasteiger partial charge < -0.3 is 0 Å². The largest absolute Gasteiger partial charge is 0.197 e. The first-order chi connectivity index (χ1) is 7.76. The summed E-state index contributed by atoms with van der Waals surface area (Å²) >= 11 is 7.89. The summed E-state index contributed by atoms with van der Waals surface area (Å²) in [5, 5.41) is 9.25. The Kier molecular flexibility index (Phi) is 3.11. The minimum Gasteiger partial charge on any atom is -0.197 e. The minimum absolute atomic E-state index is 0.290. The van der Waals surface area contributed by atoms with Crippen molar-refractivity contribution in [2.45, 2.75) is 42.7 Å². The zero-order valence-electron chi connectivity index (χ0n) is 9.44. The summed E-state index contributed by atoms with van der Waals surface area (Å²) in [6, 6.07) is 2.13. The molecule has 4 rings (SSSR count). The Balaban J connectivity index is 1.62. The van der Waals surface area contributed by atoms with E-state index >= 15 is 0 Å². The Hall–Kier alpha value is 0.130. The number of hydrogen-bond donors (Lipinski definition) is 0. The molecule has 3 heteroatoms. The van der Waals surface area contributed by atoms with Crippen LogP contribution in [0.2, 0.25) is 0 Å². The summed E-state index contributed by atoms with van der Waals surface area (Å²) in [5.74, 6) is 4.81. The lowest BCUT2D eigenvalue weighted by molar-refractivity contribution is 0.0267. The van der Waals surface area contributed by atoms with Crippen molar-refractivity contribution in [1.82, 2.24) is 0 Å². The van der Waals surface area contributed by atoms with E-state index in [9.17, 15) is 0 Å². The second-order valence-corrected chi connectivity index (χ2v) is 7.56. The fourth-order valence-electron chi connectivity index (χ4n) is 4.38. The van der Waals surface area contributed by atoms with Gasteiger partial charge in [0.1, 0.15) is 5.38 Å². The van der Waals surface area contributed by atoms with Crippen LogP contribution in [-0.4, -0.2) is 16.4 Å². The van der Waals surface area contributed by atoms with Crippen molar-refractivity contribution in [1.29, 1.82) is 5.26 Å². The van der Waals surface area contributed by atoms with Crippen LogP contribution in [0.3, 0.4) is 0 Å². The van der Waals surface area contributed by atoms with Crippen molar-refractivity contribution in [3.63, 3.8) is 0 Å². The van der Waals surface area contributed by atoms with Crippen LogP contribution in [-0.2, 0) is 0 Å². The number of thioether (sulfide) groups is 1. The van der Waals surface area contributed by atoms with Gasteiger partial charge in [-0.3, -0.25) is 0 Å². The zero-order valence-corrected chi connectivity index (χ0v) is 11.0. The number of rotatable bonds is 3. The maximum Gasteiger partial charge on any atom is 0.129 e. The van der Waals surface area contributed by atoms with Crippen molar-refractivity contribution in [3.8, 4) is 6.07 Å². The SMILES string of the molecule is N#CC(Cl)CSC1C2CC3CC(C2)CC1C3. The summed E-state index contributed by atoms with van der Waals surface area (Å²) < 4.78 is 0. The van der Waals surface area contributed by atoms with Gasteiger partial charge in [-0.2, -0.15) is 17.0 Å². The molecule has 0 N–H and O–H groups in total. The molecule has 1 unspecified atom stereocenters. The van der Waals surface area contributed by atoms with Gasteiger partial charge in [0.05, 0.1) is 6.07 Å². The van der Waals surface area contributed by atoms with Gasteiger partial charge in [-0.15, -0.1) is 11.6 Å². The summed E-state index contributed by atoms with van der Waals surface area (Å²) in [5.41, 5.74) is 0. The van der Waals surface area contributed by atoms with Gasteiger partial charge in [-0.1, -0.05) is 0 Å². The van der Waals surface area contributed by atoms with Crippen LogP contribution in [0.15, 0.2) is 0 Å². The van der Waals surface area contributed by atoms with Crippen molar-refractivity contribution in [3.05, 3.63) is 0 Å². The molecule has 0 aromatic rings. The van der Waals surface area contributed by atoms with Crippen LogP contribution in [0, 0.1) is 35.0 Å². The van der Waals surface area contributed by atoms with E-state index in [0.29, 0.717) is 0 Å². The fraction of sp³-hybridized carbons (Fsp3) is 0.923. The van der Waals surface area contributed by atoms with E-state index in [1.54, 1.807) is 0 Å². The molecule has 4 bridgehead atoms. The average Bonchev–Trinajstić information content (AvgIpc) is 2.26. The van der Waals surface area contributed by atoms with Gasteiger partial charge in [0.2, 0.25) is 0 Å². The highest BCUT2D eigenvalue weighted by Gasteiger charge is 2.48. The number of halogens is 1. The van der Waals surface area contributed by atoms with E-state index in [2.05, 4.69) is 6.07 Å². The molecule has 0 aliphatic heterocycles. The maximum atomic E-state index is 8.72. The zero-order chi connectivity index (χ0) is 11.1. The molecular weight excluding hydrogens is 238 g/mol. The molecule has 1 atom stereocenters. The highest BCUT2D eigenvalue weighted by molar-refractivity contribution is 8.00. The van der Waals surface area contributed by atoms with Crippen molar-refractivity contribution >= 4 is 23.4 Å². The lowest BCUT2D eigenvalue weighted by atomic mass is 9.56. The Morgan fingerprint density at radius 3 is 2.19 bits per heavy atom. The standard InChI is InChI=1S/C13H18ClNS/c14-12(6-15)7-16-13-10-2-8-1-9(4-10)5-11(13)3-8/h8-13H,1-5,7H2. The third-order valence-electron chi connectivity index (χ3n) is 4.72. The van der Waals surface area contributed by atoms with E-state index in [1.807, 2.05) is 11.8 Å². The van der Waals surface area contributed by atoms with Crippen LogP contribution in [0.1, 0.15) is 32.1 Å². The van der Waals surface area contributed by atoms with Crippen LogP contribution in [0.5, 0.6) is 0 Å². The first kappa shape index (κ1) is 11.2.